The summed E-state index contributed by atoms with van der Waals surface area (Å²) in [4.78, 5) is 53.6. The number of aldehydes is 1. The molecule has 0 saturated carbocycles. The number of carbonyl (C=O) groups is 4. The van der Waals surface area contributed by atoms with Gasteiger partial charge in [-0.05, 0) is 31.9 Å². The minimum Gasteiger partial charge on any atom is -0.372 e. The highest BCUT2D eigenvalue weighted by molar-refractivity contribution is 8.14. The number of urea groups is 1. The highest BCUT2D eigenvalue weighted by Crippen LogP contribution is 2.48. The number of imide groups is 1. The summed E-state index contributed by atoms with van der Waals surface area (Å²) in [7, 11) is 1.35. The average molecular weight is 520 g/mol. The number of nitrogens with one attached hydrogen (secondary N) is 2. The van der Waals surface area contributed by atoms with Crippen LogP contribution in [0, 0.1) is 11.2 Å². The SMILES string of the molecule is CNC(=O)NC(=O)C1(C=O)Cc2cc3c(N4CC(C)SC4=O)noc3c(F)c2N2C[C@@H](C)O[C@@H](C)[C@@H]21. The first-order chi connectivity index (χ1) is 17.1. The molecule has 2 saturated heterocycles. The molecule has 5 atom stereocenters. The smallest absolute Gasteiger partial charge is 0.321 e. The highest BCUT2D eigenvalue weighted by Gasteiger charge is 2.57. The topological polar surface area (TPSA) is 134 Å². The first kappa shape index (κ1) is 24.5. The van der Waals surface area contributed by atoms with Crippen LogP contribution in [0.1, 0.15) is 26.3 Å². The van der Waals surface area contributed by atoms with E-state index in [1.807, 2.05) is 13.8 Å². The number of amides is 4. The summed E-state index contributed by atoms with van der Waals surface area (Å²) in [5.41, 5.74) is -1.30. The predicted molar refractivity (Wildman–Crippen MR) is 130 cm³/mol. The Balaban J connectivity index is 1.70. The van der Waals surface area contributed by atoms with Crippen molar-refractivity contribution >= 4 is 57.7 Å². The molecule has 5 rings (SSSR count). The van der Waals surface area contributed by atoms with Crippen LogP contribution in [-0.2, 0) is 20.7 Å². The Kier molecular flexibility index (Phi) is 5.94. The van der Waals surface area contributed by atoms with Crippen molar-refractivity contribution in [1.82, 2.24) is 15.8 Å². The van der Waals surface area contributed by atoms with Gasteiger partial charge in [-0.3, -0.25) is 19.8 Å². The number of hydrogen-bond donors (Lipinski definition) is 2. The van der Waals surface area contributed by atoms with Gasteiger partial charge in [0.25, 0.3) is 5.24 Å². The van der Waals surface area contributed by atoms with Gasteiger partial charge in [-0.25, -0.2) is 9.18 Å². The number of anilines is 2. The van der Waals surface area contributed by atoms with Crippen molar-refractivity contribution in [3.63, 3.8) is 0 Å². The molecular formula is C23H26FN5O6S. The van der Waals surface area contributed by atoms with Gasteiger partial charge in [-0.15, -0.1) is 0 Å². The number of nitrogens with zero attached hydrogens (tertiary/aromatic N) is 3. The third-order valence-electron chi connectivity index (χ3n) is 7.02. The number of rotatable bonds is 3. The van der Waals surface area contributed by atoms with E-state index in [-0.39, 0.29) is 52.0 Å². The highest BCUT2D eigenvalue weighted by atomic mass is 32.2. The predicted octanol–water partition coefficient (Wildman–Crippen LogP) is 2.21. The van der Waals surface area contributed by atoms with E-state index in [1.165, 1.54) is 11.9 Å². The molecule has 0 aliphatic carbocycles. The van der Waals surface area contributed by atoms with E-state index in [1.54, 1.807) is 17.9 Å². The molecule has 3 aliphatic rings. The number of halogens is 1. The van der Waals surface area contributed by atoms with Gasteiger partial charge in [-0.1, -0.05) is 23.8 Å². The summed E-state index contributed by atoms with van der Waals surface area (Å²) in [6, 6.07) is -0.0269. The van der Waals surface area contributed by atoms with Crippen LogP contribution in [0.25, 0.3) is 11.0 Å². The van der Waals surface area contributed by atoms with Crippen LogP contribution in [0.5, 0.6) is 0 Å². The van der Waals surface area contributed by atoms with E-state index >= 15 is 4.39 Å². The third-order valence-corrected chi connectivity index (χ3v) is 8.00. The number of fused-ring (bicyclic) bond motifs is 4. The number of carbonyl (C=O) groups excluding carboxylic acids is 4. The number of aromatic nitrogens is 1. The Morgan fingerprint density at radius 3 is 2.69 bits per heavy atom. The van der Waals surface area contributed by atoms with Gasteiger partial charge in [0.1, 0.15) is 11.7 Å². The third kappa shape index (κ3) is 3.55. The van der Waals surface area contributed by atoms with Crippen molar-refractivity contribution in [2.45, 2.75) is 50.7 Å². The van der Waals surface area contributed by atoms with Crippen molar-refractivity contribution in [2.24, 2.45) is 5.41 Å². The summed E-state index contributed by atoms with van der Waals surface area (Å²) >= 11 is 1.15. The molecule has 1 aromatic heterocycles. The van der Waals surface area contributed by atoms with Crippen molar-refractivity contribution in [3.8, 4) is 0 Å². The number of benzene rings is 1. The summed E-state index contributed by atoms with van der Waals surface area (Å²) < 4.78 is 27.4. The maximum atomic E-state index is 16.1. The van der Waals surface area contributed by atoms with E-state index < -0.39 is 35.3 Å². The van der Waals surface area contributed by atoms with E-state index in [2.05, 4.69) is 15.8 Å². The van der Waals surface area contributed by atoms with Crippen LogP contribution < -0.4 is 20.4 Å². The number of ether oxygens (including phenoxy) is 1. The van der Waals surface area contributed by atoms with E-state index in [4.69, 9.17) is 9.26 Å². The molecule has 13 heteroatoms. The molecule has 2 unspecified atom stereocenters. The van der Waals surface area contributed by atoms with Gasteiger partial charge in [0.05, 0.1) is 29.3 Å². The second-order valence-corrected chi connectivity index (χ2v) is 10.9. The monoisotopic (exact) mass is 519 g/mol. The molecule has 3 aliphatic heterocycles. The molecule has 0 spiro atoms. The first-order valence-electron chi connectivity index (χ1n) is 11.6. The maximum absolute atomic E-state index is 16.1. The lowest BCUT2D eigenvalue weighted by Crippen LogP contribution is -2.68. The maximum Gasteiger partial charge on any atom is 0.321 e. The van der Waals surface area contributed by atoms with Crippen LogP contribution in [-0.4, -0.2) is 72.3 Å². The van der Waals surface area contributed by atoms with Crippen LogP contribution in [0.4, 0.5) is 25.5 Å². The molecule has 2 N–H and O–H groups in total. The van der Waals surface area contributed by atoms with E-state index in [0.29, 0.717) is 18.4 Å². The fourth-order valence-corrected chi connectivity index (χ4v) is 6.48. The number of hydrogen-bond acceptors (Lipinski definition) is 9. The molecule has 4 amide bonds. The Morgan fingerprint density at radius 1 is 1.31 bits per heavy atom. The Labute approximate surface area is 210 Å². The summed E-state index contributed by atoms with van der Waals surface area (Å²) in [6.45, 7) is 6.02. The van der Waals surface area contributed by atoms with Crippen LogP contribution in [0.2, 0.25) is 0 Å². The lowest BCUT2D eigenvalue weighted by molar-refractivity contribution is -0.144. The largest absolute Gasteiger partial charge is 0.372 e. The number of morpholine rings is 1. The van der Waals surface area contributed by atoms with Crippen molar-refractivity contribution in [1.29, 1.82) is 0 Å². The quantitative estimate of drug-likeness (QED) is 0.462. The van der Waals surface area contributed by atoms with Gasteiger partial charge in [0, 0.05) is 25.4 Å². The fourth-order valence-electron chi connectivity index (χ4n) is 5.62. The minimum absolute atomic E-state index is 0.0277. The molecule has 0 bridgehead atoms. The lowest BCUT2D eigenvalue weighted by atomic mass is 9.68. The first-order valence-corrected chi connectivity index (χ1v) is 12.5. The summed E-state index contributed by atoms with van der Waals surface area (Å²) in [6.07, 6.45) is -0.631. The van der Waals surface area contributed by atoms with Crippen molar-refractivity contribution in [3.05, 3.63) is 17.4 Å². The average Bonchev–Trinajstić information content (AvgIpc) is 3.39. The molecule has 4 heterocycles. The van der Waals surface area contributed by atoms with Gasteiger partial charge in [0.2, 0.25) is 11.5 Å². The molecule has 192 valence electrons. The Bertz CT molecular complexity index is 1290. The summed E-state index contributed by atoms with van der Waals surface area (Å²) in [5, 5.41) is 8.61. The standard InChI is InChI=1S/C23H26FN5O6S/c1-10-7-28-16-13(6-23(9-30,18(28)12(3)34-10)20(31)26-21(32)25-4)5-14-17(15(16)24)35-27-19(14)29-8-11(2)36-22(29)33/h5,9-12,18H,6-8H2,1-4H3,(H2,25,26,31,32)/t10-,11?,12+,18-,23?/m1/s1. The van der Waals surface area contributed by atoms with Crippen molar-refractivity contribution < 1.29 is 32.8 Å². The van der Waals surface area contributed by atoms with Gasteiger partial charge in [-0.2, -0.15) is 0 Å². The molecule has 2 fully saturated rings. The van der Waals surface area contributed by atoms with Gasteiger partial charge < -0.3 is 24.3 Å². The number of thioether (sulfide) groups is 1. The zero-order valence-electron chi connectivity index (χ0n) is 20.2. The van der Waals surface area contributed by atoms with Crippen LogP contribution in [0.3, 0.4) is 0 Å². The molecule has 1 aromatic carbocycles. The van der Waals surface area contributed by atoms with Crippen LogP contribution in [0.15, 0.2) is 10.6 Å². The van der Waals surface area contributed by atoms with Gasteiger partial charge in [0.15, 0.2) is 11.6 Å². The second kappa shape index (κ2) is 8.73. The zero-order valence-corrected chi connectivity index (χ0v) is 21.0. The Morgan fingerprint density at radius 2 is 2.06 bits per heavy atom. The molecule has 2 aromatic rings. The minimum atomic E-state index is -1.75. The zero-order chi connectivity index (χ0) is 25.9. The van der Waals surface area contributed by atoms with E-state index in [0.717, 1.165) is 11.8 Å². The molecular weight excluding hydrogens is 493 g/mol. The van der Waals surface area contributed by atoms with E-state index in [9.17, 15) is 19.2 Å². The fraction of sp³-hybridized carbons (Fsp3) is 0.522. The van der Waals surface area contributed by atoms with Gasteiger partial charge >= 0.3 is 6.03 Å². The van der Waals surface area contributed by atoms with Crippen molar-refractivity contribution in [2.75, 3.05) is 29.9 Å². The molecule has 0 radical (unpaired) electrons. The Hall–Kier alpha value is -3.19. The molecule has 11 nitrogen and oxygen atoms in total. The normalized spacial score (nSPS) is 29.6. The second-order valence-electron chi connectivity index (χ2n) is 9.50. The summed E-state index contributed by atoms with van der Waals surface area (Å²) in [5.74, 6) is -1.31. The molecule has 36 heavy (non-hydrogen) atoms. The van der Waals surface area contributed by atoms with Crippen LogP contribution >= 0.6 is 11.8 Å². The lowest BCUT2D eigenvalue weighted by Gasteiger charge is -2.53.